The summed E-state index contributed by atoms with van der Waals surface area (Å²) in [5.74, 6) is -2.46. The first-order valence-electron chi connectivity index (χ1n) is 7.50. The molecule has 0 radical (unpaired) electrons. The molecule has 1 aromatic carbocycles. The predicted octanol–water partition coefficient (Wildman–Crippen LogP) is 4.32. The van der Waals surface area contributed by atoms with Crippen molar-refractivity contribution in [2.75, 3.05) is 0 Å². The zero-order chi connectivity index (χ0) is 16.1. The maximum absolute atomic E-state index is 13.6. The number of benzene rings is 1. The van der Waals surface area contributed by atoms with Crippen LogP contribution in [0.2, 0.25) is 0 Å². The zero-order valence-corrected chi connectivity index (χ0v) is 13.0. The number of carbonyl (C=O) groups is 1. The van der Waals surface area contributed by atoms with Gasteiger partial charge in [-0.2, -0.15) is 0 Å². The summed E-state index contributed by atoms with van der Waals surface area (Å²) in [6.45, 7) is 6.52. The van der Waals surface area contributed by atoms with Gasteiger partial charge in [0.15, 0.2) is 0 Å². The molecule has 5 heteroatoms. The molecule has 3 nitrogen and oxygen atoms in total. The molecule has 0 aromatic heterocycles. The number of fused-ring (bicyclic) bond motifs is 2. The minimum atomic E-state index is -1.09. The van der Waals surface area contributed by atoms with Crippen LogP contribution in [0.25, 0.3) is 0 Å². The Bertz CT molecular complexity index is 648. The van der Waals surface area contributed by atoms with Crippen molar-refractivity contribution < 1.29 is 18.4 Å². The summed E-state index contributed by atoms with van der Waals surface area (Å²) in [4.78, 5) is 16.8. The molecular formula is C17H19F2NO2. The molecule has 118 valence electrons. The minimum Gasteiger partial charge on any atom is -0.313 e. The fourth-order valence-electron chi connectivity index (χ4n) is 3.90. The topological polar surface area (TPSA) is 38.7 Å². The van der Waals surface area contributed by atoms with Crippen LogP contribution in [-0.4, -0.2) is 11.7 Å². The lowest BCUT2D eigenvalue weighted by atomic mass is 9.70. The summed E-state index contributed by atoms with van der Waals surface area (Å²) in [5.41, 5.74) is 0.103. The highest BCUT2D eigenvalue weighted by molar-refractivity contribution is 5.95. The van der Waals surface area contributed by atoms with Gasteiger partial charge in [0.05, 0.1) is 5.71 Å². The van der Waals surface area contributed by atoms with Gasteiger partial charge in [0.25, 0.3) is 0 Å². The van der Waals surface area contributed by atoms with E-state index in [2.05, 4.69) is 25.9 Å². The van der Waals surface area contributed by atoms with Crippen molar-refractivity contribution in [3.63, 3.8) is 0 Å². The fourth-order valence-corrected chi connectivity index (χ4v) is 3.90. The van der Waals surface area contributed by atoms with Crippen molar-refractivity contribution in [2.45, 2.75) is 40.0 Å². The average Bonchev–Trinajstić information content (AvgIpc) is 2.77. The number of hydrogen-bond acceptors (Lipinski definition) is 3. The van der Waals surface area contributed by atoms with Crippen LogP contribution in [0, 0.1) is 28.4 Å². The second kappa shape index (κ2) is 4.86. The summed E-state index contributed by atoms with van der Waals surface area (Å²) >= 11 is 0. The van der Waals surface area contributed by atoms with Gasteiger partial charge in [-0.15, -0.1) is 0 Å². The molecule has 2 bridgehead atoms. The Hall–Kier alpha value is -1.78. The summed E-state index contributed by atoms with van der Waals surface area (Å²) in [7, 11) is 0. The standard InChI is InChI=1S/C17H19F2NO2/c1-16(2)10-7-8-17(16,3)13(9-10)20-22-15(21)14-11(18)5-4-6-12(14)19/h4-6,10H,7-9H2,1-3H3. The number of hydrogen-bond donors (Lipinski definition) is 0. The van der Waals surface area contributed by atoms with Crippen LogP contribution >= 0.6 is 0 Å². The van der Waals surface area contributed by atoms with Crippen molar-refractivity contribution in [3.8, 4) is 0 Å². The van der Waals surface area contributed by atoms with Gasteiger partial charge >= 0.3 is 5.97 Å². The van der Waals surface area contributed by atoms with E-state index in [0.717, 1.165) is 37.1 Å². The first-order valence-corrected chi connectivity index (χ1v) is 7.50. The van der Waals surface area contributed by atoms with Gasteiger partial charge in [0.1, 0.15) is 17.2 Å². The van der Waals surface area contributed by atoms with Crippen molar-refractivity contribution in [3.05, 3.63) is 35.4 Å². The summed E-state index contributed by atoms with van der Waals surface area (Å²) in [5, 5.41) is 3.97. The lowest BCUT2D eigenvalue weighted by molar-refractivity contribution is 0.0497. The molecule has 1 aromatic rings. The quantitative estimate of drug-likeness (QED) is 0.603. The maximum Gasteiger partial charge on any atom is 0.371 e. The third-order valence-corrected chi connectivity index (χ3v) is 5.92. The molecule has 2 saturated carbocycles. The lowest BCUT2D eigenvalue weighted by Crippen LogP contribution is -2.32. The van der Waals surface area contributed by atoms with E-state index in [1.165, 1.54) is 6.07 Å². The van der Waals surface area contributed by atoms with E-state index in [1.807, 2.05) is 0 Å². The van der Waals surface area contributed by atoms with Gasteiger partial charge in [0, 0.05) is 5.41 Å². The number of carbonyl (C=O) groups excluding carboxylic acids is 1. The molecule has 2 atom stereocenters. The van der Waals surface area contributed by atoms with Gasteiger partial charge in [-0.25, -0.2) is 13.6 Å². The van der Waals surface area contributed by atoms with Crippen LogP contribution < -0.4 is 0 Å². The van der Waals surface area contributed by atoms with Crippen LogP contribution in [0.4, 0.5) is 8.78 Å². The molecule has 2 aliphatic rings. The predicted molar refractivity (Wildman–Crippen MR) is 78.4 cm³/mol. The second-order valence-electron chi connectivity index (χ2n) is 7.01. The largest absolute Gasteiger partial charge is 0.371 e. The Morgan fingerprint density at radius 1 is 1.27 bits per heavy atom. The van der Waals surface area contributed by atoms with Gasteiger partial charge in [-0.1, -0.05) is 32.0 Å². The summed E-state index contributed by atoms with van der Waals surface area (Å²) < 4.78 is 27.1. The SMILES string of the molecule is CC12CCC(CC1=NOC(=O)c1c(F)cccc1F)C2(C)C. The Kier molecular flexibility index (Phi) is 3.34. The molecule has 0 aliphatic heterocycles. The average molecular weight is 307 g/mol. The first kappa shape index (κ1) is 15.1. The van der Waals surface area contributed by atoms with Crippen LogP contribution in [0.15, 0.2) is 23.4 Å². The highest BCUT2D eigenvalue weighted by Gasteiger charge is 2.60. The molecule has 2 unspecified atom stereocenters. The van der Waals surface area contributed by atoms with E-state index < -0.39 is 23.2 Å². The van der Waals surface area contributed by atoms with E-state index in [4.69, 9.17) is 4.84 Å². The van der Waals surface area contributed by atoms with E-state index in [-0.39, 0.29) is 10.8 Å². The van der Waals surface area contributed by atoms with E-state index in [9.17, 15) is 13.6 Å². The van der Waals surface area contributed by atoms with Crippen LogP contribution in [0.1, 0.15) is 50.4 Å². The Morgan fingerprint density at radius 3 is 2.41 bits per heavy atom. The van der Waals surface area contributed by atoms with Crippen molar-refractivity contribution >= 4 is 11.7 Å². The molecule has 0 N–H and O–H groups in total. The van der Waals surface area contributed by atoms with Crippen molar-refractivity contribution in [2.24, 2.45) is 21.9 Å². The van der Waals surface area contributed by atoms with Gasteiger partial charge in [-0.3, -0.25) is 0 Å². The molecule has 0 spiro atoms. The Morgan fingerprint density at radius 2 is 1.91 bits per heavy atom. The molecular weight excluding hydrogens is 288 g/mol. The Balaban J connectivity index is 1.83. The molecule has 0 amide bonds. The van der Waals surface area contributed by atoms with Crippen molar-refractivity contribution in [1.82, 2.24) is 0 Å². The molecule has 0 saturated heterocycles. The molecule has 22 heavy (non-hydrogen) atoms. The maximum atomic E-state index is 13.6. The zero-order valence-electron chi connectivity index (χ0n) is 13.0. The van der Waals surface area contributed by atoms with Crippen LogP contribution in [-0.2, 0) is 4.84 Å². The molecule has 3 rings (SSSR count). The van der Waals surface area contributed by atoms with Gasteiger partial charge in [-0.05, 0) is 42.7 Å². The van der Waals surface area contributed by atoms with Gasteiger partial charge < -0.3 is 4.84 Å². The first-order chi connectivity index (χ1) is 10.3. The second-order valence-corrected chi connectivity index (χ2v) is 7.01. The number of oxime groups is 1. The number of halogens is 2. The number of rotatable bonds is 2. The van der Waals surface area contributed by atoms with Crippen LogP contribution in [0.5, 0.6) is 0 Å². The molecule has 2 fully saturated rings. The van der Waals surface area contributed by atoms with E-state index in [1.54, 1.807) is 0 Å². The fraction of sp³-hybridized carbons (Fsp3) is 0.529. The monoisotopic (exact) mass is 307 g/mol. The van der Waals surface area contributed by atoms with Crippen molar-refractivity contribution in [1.29, 1.82) is 0 Å². The van der Waals surface area contributed by atoms with E-state index >= 15 is 0 Å². The third-order valence-electron chi connectivity index (χ3n) is 5.92. The molecule has 2 aliphatic carbocycles. The van der Waals surface area contributed by atoms with Crippen LogP contribution in [0.3, 0.4) is 0 Å². The highest BCUT2D eigenvalue weighted by Crippen LogP contribution is 2.63. The highest BCUT2D eigenvalue weighted by atomic mass is 19.1. The molecule has 0 heterocycles. The van der Waals surface area contributed by atoms with E-state index in [0.29, 0.717) is 5.92 Å². The number of nitrogens with zero attached hydrogens (tertiary/aromatic N) is 1. The van der Waals surface area contributed by atoms with Gasteiger partial charge in [0.2, 0.25) is 0 Å². The smallest absolute Gasteiger partial charge is 0.313 e. The Labute approximate surface area is 128 Å². The normalized spacial score (nSPS) is 30.8. The minimum absolute atomic E-state index is 0.0987. The summed E-state index contributed by atoms with van der Waals surface area (Å²) in [6.07, 6.45) is 2.91. The third kappa shape index (κ3) is 1.98. The lowest BCUT2D eigenvalue weighted by Gasteiger charge is -2.34. The summed E-state index contributed by atoms with van der Waals surface area (Å²) in [6, 6.07) is 3.25.